The fourth-order valence-electron chi connectivity index (χ4n) is 4.46. The molecule has 244 valence electrons. The Hall–Kier alpha value is -5.20. The van der Waals surface area contributed by atoms with Crippen LogP contribution < -0.4 is 46.6 Å². The third-order valence-electron chi connectivity index (χ3n) is 6.77. The highest BCUT2D eigenvalue weighted by Gasteiger charge is 2.30. The molecule has 13 heteroatoms. The highest BCUT2D eigenvalue weighted by molar-refractivity contribution is 7.99. The van der Waals surface area contributed by atoms with Gasteiger partial charge in [0.25, 0.3) is 11.7 Å². The minimum atomic E-state index is -0.288. The third kappa shape index (κ3) is 9.41. The Balaban J connectivity index is 0.00000500. The summed E-state index contributed by atoms with van der Waals surface area (Å²) in [7, 11) is 4.77. The van der Waals surface area contributed by atoms with Gasteiger partial charge in [0.2, 0.25) is 5.91 Å². The molecule has 2 amide bonds. The summed E-state index contributed by atoms with van der Waals surface area (Å²) in [6.45, 7) is -0.00820. The number of nitrogens with one attached hydrogen (secondary N) is 2. The van der Waals surface area contributed by atoms with Crippen LogP contribution in [0.1, 0.15) is 5.82 Å². The quantitative estimate of drug-likeness (QED) is 0.136. The number of hydrogen-bond acceptors (Lipinski definition) is 8. The number of hydrogen-bond donors (Lipinski definition) is 2. The van der Waals surface area contributed by atoms with Crippen molar-refractivity contribution < 1.29 is 45.5 Å². The number of ether oxygens (including phenoxy) is 4. The van der Waals surface area contributed by atoms with Gasteiger partial charge in [-0.2, -0.15) is 4.57 Å². The maximum absolute atomic E-state index is 13.3. The zero-order valence-corrected chi connectivity index (χ0v) is 27.6. The maximum Gasteiger partial charge on any atom is 0.342 e. The van der Waals surface area contributed by atoms with Crippen molar-refractivity contribution in [2.24, 2.45) is 0 Å². The molecule has 1 heterocycles. The van der Waals surface area contributed by atoms with E-state index in [9.17, 15) is 9.59 Å². The van der Waals surface area contributed by atoms with E-state index in [1.54, 1.807) is 74.5 Å². The first-order chi connectivity index (χ1) is 22.4. The predicted octanol–water partition coefficient (Wildman–Crippen LogP) is 2.14. The molecule has 0 fully saturated rings. The second-order valence-corrected chi connectivity index (χ2v) is 10.8. The van der Waals surface area contributed by atoms with Crippen molar-refractivity contribution in [3.8, 4) is 28.7 Å². The SMILES string of the molecule is COc1ccc(NC(=O)CSc2nn(CC(=O)Nc3ccc(OC)cc3)c(COc3ccccc3)[n+]2-c2ccc(OC)cc2)cc1.[Cl-]. The summed E-state index contributed by atoms with van der Waals surface area (Å²) in [5.41, 5.74) is 2.02. The Labute approximate surface area is 283 Å². The lowest BCUT2D eigenvalue weighted by Gasteiger charge is -2.09. The molecule has 0 aliphatic heterocycles. The molecule has 5 aromatic rings. The van der Waals surface area contributed by atoms with E-state index < -0.39 is 0 Å². The highest BCUT2D eigenvalue weighted by Crippen LogP contribution is 2.21. The Kier molecular flexibility index (Phi) is 12.5. The molecular weight excluding hydrogens is 642 g/mol. The second kappa shape index (κ2) is 16.9. The van der Waals surface area contributed by atoms with Crippen LogP contribution in [0.25, 0.3) is 5.69 Å². The van der Waals surface area contributed by atoms with Crippen molar-refractivity contribution in [1.82, 2.24) is 9.78 Å². The smallest absolute Gasteiger partial charge is 0.342 e. The van der Waals surface area contributed by atoms with E-state index in [4.69, 9.17) is 24.0 Å². The number of carbonyl (C=O) groups excluding carboxylic acids is 2. The lowest BCUT2D eigenvalue weighted by Crippen LogP contribution is -3.00. The zero-order chi connectivity index (χ0) is 32.3. The minimum absolute atomic E-state index is 0. The van der Waals surface area contributed by atoms with E-state index >= 15 is 0 Å². The minimum Gasteiger partial charge on any atom is -1.00 e. The number of anilines is 2. The van der Waals surface area contributed by atoms with Crippen molar-refractivity contribution in [3.05, 3.63) is 109 Å². The second-order valence-electron chi connectivity index (χ2n) is 9.83. The van der Waals surface area contributed by atoms with Gasteiger partial charge in [0.15, 0.2) is 13.2 Å². The van der Waals surface area contributed by atoms with Crippen LogP contribution in [0.2, 0.25) is 0 Å². The van der Waals surface area contributed by atoms with Gasteiger partial charge in [-0.1, -0.05) is 22.9 Å². The molecule has 0 unspecified atom stereocenters. The van der Waals surface area contributed by atoms with E-state index in [0.29, 0.717) is 45.4 Å². The van der Waals surface area contributed by atoms with Crippen molar-refractivity contribution in [2.45, 2.75) is 18.3 Å². The summed E-state index contributed by atoms with van der Waals surface area (Å²) >= 11 is 1.24. The van der Waals surface area contributed by atoms with Gasteiger partial charge in [-0.05, 0) is 96.7 Å². The number of benzene rings is 4. The molecule has 47 heavy (non-hydrogen) atoms. The molecule has 4 aromatic carbocycles. The summed E-state index contributed by atoms with van der Waals surface area (Å²) in [5.74, 6) is 2.88. The molecule has 0 saturated carbocycles. The van der Waals surface area contributed by atoms with E-state index in [1.807, 2.05) is 59.2 Å². The summed E-state index contributed by atoms with van der Waals surface area (Å²) in [6.07, 6.45) is 0. The predicted molar refractivity (Wildman–Crippen MR) is 175 cm³/mol. The first-order valence-corrected chi connectivity index (χ1v) is 15.3. The van der Waals surface area contributed by atoms with E-state index in [1.165, 1.54) is 11.8 Å². The van der Waals surface area contributed by atoms with Gasteiger partial charge in [-0.3, -0.25) is 9.59 Å². The first kappa shape index (κ1) is 34.7. The first-order valence-electron chi connectivity index (χ1n) is 14.3. The molecule has 0 atom stereocenters. The van der Waals surface area contributed by atoms with Gasteiger partial charge < -0.3 is 42.0 Å². The molecule has 11 nitrogen and oxygen atoms in total. The Morgan fingerprint density at radius 1 is 0.702 bits per heavy atom. The monoisotopic (exact) mass is 675 g/mol. The maximum atomic E-state index is 13.3. The standard InChI is InChI=1S/C34H33N5O6S.ClH/c1-42-27-15-9-24(10-16-27)35-31(40)21-38-33(22-45-30-7-5-4-6-8-30)39(26-13-19-29(44-3)20-14-26)34(37-38)46-23-32(41)36-25-11-17-28(43-2)18-12-25;/h4-20H,21-23H2,1-3H3,(H-,35,36,40,41);1H. The molecule has 0 spiro atoms. The van der Waals surface area contributed by atoms with Gasteiger partial charge in [0.1, 0.15) is 28.7 Å². The highest BCUT2D eigenvalue weighted by atomic mass is 35.5. The number of aromatic nitrogens is 3. The van der Waals surface area contributed by atoms with Crippen LogP contribution in [0.4, 0.5) is 11.4 Å². The van der Waals surface area contributed by atoms with Crippen LogP contribution in [-0.2, 0) is 22.7 Å². The summed E-state index contributed by atoms with van der Waals surface area (Å²) in [6, 6.07) is 31.0. The van der Waals surface area contributed by atoms with Crippen LogP contribution in [0, 0.1) is 0 Å². The number of methoxy groups -OCH3 is 3. The van der Waals surface area contributed by atoms with Crippen molar-refractivity contribution in [2.75, 3.05) is 37.7 Å². The fourth-order valence-corrected chi connectivity index (χ4v) is 5.29. The zero-order valence-electron chi connectivity index (χ0n) is 26.0. The Bertz CT molecular complexity index is 1750. The number of amides is 2. The molecule has 0 saturated heterocycles. The Morgan fingerprint density at radius 2 is 1.21 bits per heavy atom. The van der Waals surface area contributed by atoms with Crippen molar-refractivity contribution in [3.63, 3.8) is 0 Å². The largest absolute Gasteiger partial charge is 1.00 e. The van der Waals surface area contributed by atoms with Gasteiger partial charge in [0.05, 0.1) is 32.2 Å². The number of halogens is 1. The normalized spacial score (nSPS) is 10.4. The number of thioether (sulfide) groups is 1. The molecule has 0 aliphatic rings. The van der Waals surface area contributed by atoms with Gasteiger partial charge in [-0.15, -0.1) is 0 Å². The summed E-state index contributed by atoms with van der Waals surface area (Å²) in [4.78, 5) is 26.2. The molecule has 0 bridgehead atoms. The van der Waals surface area contributed by atoms with Crippen LogP contribution in [-0.4, -0.2) is 48.7 Å². The van der Waals surface area contributed by atoms with Crippen LogP contribution in [0.3, 0.4) is 0 Å². The van der Waals surface area contributed by atoms with E-state index in [0.717, 1.165) is 5.69 Å². The number of carbonyl (C=O) groups is 2. The number of rotatable bonds is 14. The lowest BCUT2D eigenvalue weighted by atomic mass is 10.3. The molecular formula is C34H34ClN5O6S. The molecule has 1 aromatic heterocycles. The van der Waals surface area contributed by atoms with Crippen molar-refractivity contribution >= 4 is 35.0 Å². The number of nitrogens with zero attached hydrogens (tertiary/aromatic N) is 3. The van der Waals surface area contributed by atoms with Gasteiger partial charge in [0, 0.05) is 11.4 Å². The molecule has 0 aliphatic carbocycles. The summed E-state index contributed by atoms with van der Waals surface area (Å²) < 4.78 is 25.4. The van der Waals surface area contributed by atoms with Crippen LogP contribution in [0.15, 0.2) is 108 Å². The molecule has 5 rings (SSSR count). The number of para-hydroxylation sites is 1. The molecule has 2 N–H and O–H groups in total. The van der Waals surface area contributed by atoms with Crippen LogP contribution >= 0.6 is 11.8 Å². The van der Waals surface area contributed by atoms with E-state index in [2.05, 4.69) is 10.6 Å². The molecule has 0 radical (unpaired) electrons. The average molecular weight is 676 g/mol. The average Bonchev–Trinajstić information content (AvgIpc) is 3.43. The van der Waals surface area contributed by atoms with Crippen molar-refractivity contribution in [1.29, 1.82) is 0 Å². The van der Waals surface area contributed by atoms with Gasteiger partial charge >= 0.3 is 5.16 Å². The topological polar surface area (TPSA) is 117 Å². The third-order valence-corrected chi connectivity index (χ3v) is 7.70. The fraction of sp³-hybridized carbons (Fsp3) is 0.176. The van der Waals surface area contributed by atoms with Crippen LogP contribution in [0.5, 0.6) is 23.0 Å². The van der Waals surface area contributed by atoms with E-state index in [-0.39, 0.29) is 43.1 Å². The summed E-state index contributed by atoms with van der Waals surface area (Å²) in [5, 5.41) is 11.1. The lowest BCUT2D eigenvalue weighted by molar-refractivity contribution is -0.646. The van der Waals surface area contributed by atoms with Gasteiger partial charge in [-0.25, -0.2) is 0 Å². The Morgan fingerprint density at radius 3 is 1.74 bits per heavy atom.